The first-order valence-electron chi connectivity index (χ1n) is 19.1. The molecule has 8 rings (SSSR count). The zero-order valence-corrected chi connectivity index (χ0v) is 39.5. The van der Waals surface area contributed by atoms with E-state index in [-0.39, 0.29) is 55.0 Å². The molecule has 2 heterocycles. The number of hydrogen-bond donors (Lipinski definition) is 3. The van der Waals surface area contributed by atoms with Crippen molar-refractivity contribution in [3.63, 3.8) is 0 Å². The Kier molecular flexibility index (Phi) is 14.6. The maximum atomic E-state index is 13.4. The lowest BCUT2D eigenvalue weighted by molar-refractivity contribution is 0.0698. The summed E-state index contributed by atoms with van der Waals surface area (Å²) in [5.41, 5.74) is 6.69. The molecule has 0 radical (unpaired) electrons. The van der Waals surface area contributed by atoms with Crippen LogP contribution in [-0.2, 0) is 20.0 Å². The van der Waals surface area contributed by atoms with Crippen LogP contribution in [0.3, 0.4) is 0 Å². The first-order valence-corrected chi connectivity index (χ1v) is 23.6. The number of sulfonamides is 2. The Morgan fingerprint density at radius 2 is 0.954 bits per heavy atom. The molecule has 13 nitrogen and oxygen atoms in total. The summed E-state index contributed by atoms with van der Waals surface area (Å²) in [7, 11) is -1.84. The largest absolute Gasteiger partial charge is 0.478 e. The number of rotatable bonds is 10. The van der Waals surface area contributed by atoms with Gasteiger partial charge in [0.2, 0.25) is 0 Å². The van der Waals surface area contributed by atoms with Gasteiger partial charge in [-0.1, -0.05) is 36.4 Å². The minimum atomic E-state index is -3.86. The number of amides is 1. The zero-order valence-electron chi connectivity index (χ0n) is 34.7. The molecular weight excluding hydrogens is 1010 g/mol. The molecule has 0 spiro atoms. The van der Waals surface area contributed by atoms with Crippen LogP contribution in [0.5, 0.6) is 0 Å². The number of nitrogens with one attached hydrogen (secondary N) is 1. The fourth-order valence-corrected chi connectivity index (χ4v) is 10.5. The van der Waals surface area contributed by atoms with Gasteiger partial charge in [0.15, 0.2) is 0 Å². The van der Waals surface area contributed by atoms with Gasteiger partial charge in [-0.2, -0.15) is 0 Å². The molecule has 1 amide bonds. The molecule has 8 aromatic rings. The van der Waals surface area contributed by atoms with E-state index in [0.29, 0.717) is 36.7 Å². The molecule has 0 atom stereocenters. The average molecular weight is 1050 g/mol. The first kappa shape index (κ1) is 48.1. The molecule has 0 aliphatic carbocycles. The number of fused-ring (bicyclic) bond motifs is 2. The smallest absolute Gasteiger partial charge is 0.340 e. The van der Waals surface area contributed by atoms with Crippen molar-refractivity contribution in [3.8, 4) is 22.6 Å². The molecule has 6 aromatic carbocycles. The minimum Gasteiger partial charge on any atom is -0.478 e. The van der Waals surface area contributed by atoms with Gasteiger partial charge >= 0.3 is 5.97 Å². The third-order valence-electron chi connectivity index (χ3n) is 9.88. The third kappa shape index (κ3) is 9.69. The van der Waals surface area contributed by atoms with Crippen LogP contribution in [0.15, 0.2) is 161 Å². The van der Waals surface area contributed by atoms with Crippen molar-refractivity contribution >= 4 is 97.1 Å². The van der Waals surface area contributed by atoms with Crippen LogP contribution in [0, 0.1) is 11.6 Å². The van der Waals surface area contributed by atoms with Gasteiger partial charge < -0.3 is 25.0 Å². The van der Waals surface area contributed by atoms with E-state index < -0.39 is 37.7 Å². The second-order valence-corrected chi connectivity index (χ2v) is 19.3. The fourth-order valence-electron chi connectivity index (χ4n) is 6.63. The molecule has 336 valence electrons. The van der Waals surface area contributed by atoms with Crippen LogP contribution < -0.4 is 19.7 Å². The number of nitrogens with two attached hydrogens (primary N) is 1. The highest BCUT2D eigenvalue weighted by atomic mass is 79.9. The fraction of sp³-hybridized carbons (Fsp3) is 0.0870. The quantitative estimate of drug-likeness (QED) is 0.119. The van der Waals surface area contributed by atoms with Gasteiger partial charge in [0.05, 0.1) is 26.7 Å². The number of benzene rings is 6. The monoisotopic (exact) mass is 1050 g/mol. The van der Waals surface area contributed by atoms with Crippen LogP contribution in [0.25, 0.3) is 44.6 Å². The number of carbonyl (C=O) groups excluding carboxylic acids is 1. The summed E-state index contributed by atoms with van der Waals surface area (Å²) in [6, 6.07) is 33.0. The SMILES string of the molecule is CN.CN(c1cc2oc(-c3ccc(F)cc3)c(C(=O)O)c2cc1Br)S(=O)(=O)c1ccccc1.CNC(=O)c1c(-c2ccc(F)cc2)oc2cc(N(C)S(=O)(=O)c3ccccc3)c(Br)cc12. The van der Waals surface area contributed by atoms with Crippen LogP contribution >= 0.6 is 31.9 Å². The second-order valence-electron chi connectivity index (χ2n) is 13.7. The number of carbonyl (C=O) groups is 2. The summed E-state index contributed by atoms with van der Waals surface area (Å²) in [5, 5.41) is 13.1. The summed E-state index contributed by atoms with van der Waals surface area (Å²) in [4.78, 5) is 24.9. The van der Waals surface area contributed by atoms with Crippen molar-refractivity contribution in [1.29, 1.82) is 0 Å². The summed E-state index contributed by atoms with van der Waals surface area (Å²) in [6.45, 7) is 0. The van der Waals surface area contributed by atoms with Gasteiger partial charge in [-0.05, 0) is 124 Å². The van der Waals surface area contributed by atoms with Crippen molar-refractivity contribution in [2.45, 2.75) is 9.79 Å². The summed E-state index contributed by atoms with van der Waals surface area (Å²) in [5.74, 6) is -2.16. The van der Waals surface area contributed by atoms with E-state index in [1.54, 1.807) is 48.5 Å². The summed E-state index contributed by atoms with van der Waals surface area (Å²) < 4.78 is 93.7. The van der Waals surface area contributed by atoms with Gasteiger partial charge in [0.25, 0.3) is 26.0 Å². The lowest BCUT2D eigenvalue weighted by atomic mass is 10.0. The van der Waals surface area contributed by atoms with Crippen LogP contribution in [0.4, 0.5) is 20.2 Å². The topological polar surface area (TPSA) is 193 Å². The first-order chi connectivity index (χ1) is 30.9. The summed E-state index contributed by atoms with van der Waals surface area (Å²) in [6.07, 6.45) is 0. The average Bonchev–Trinajstić information content (AvgIpc) is 3.87. The predicted octanol–water partition coefficient (Wildman–Crippen LogP) is 10.3. The molecule has 65 heavy (non-hydrogen) atoms. The zero-order chi connectivity index (χ0) is 47.4. The molecule has 0 unspecified atom stereocenters. The number of furan rings is 2. The molecule has 0 saturated carbocycles. The van der Waals surface area contributed by atoms with Crippen LogP contribution in [0.1, 0.15) is 20.7 Å². The van der Waals surface area contributed by atoms with E-state index in [4.69, 9.17) is 8.83 Å². The number of aromatic carboxylic acids is 1. The number of nitrogens with zero attached hydrogens (tertiary/aromatic N) is 2. The third-order valence-corrected chi connectivity index (χ3v) is 14.7. The number of anilines is 2. The number of hydrogen-bond acceptors (Lipinski definition) is 9. The van der Waals surface area contributed by atoms with E-state index >= 15 is 0 Å². The van der Waals surface area contributed by atoms with Crippen LogP contribution in [0.2, 0.25) is 0 Å². The Labute approximate surface area is 389 Å². The lowest BCUT2D eigenvalue weighted by Crippen LogP contribution is -2.26. The van der Waals surface area contributed by atoms with E-state index in [1.165, 1.54) is 113 Å². The molecule has 19 heteroatoms. The van der Waals surface area contributed by atoms with Gasteiger partial charge in [0.1, 0.15) is 39.9 Å². The van der Waals surface area contributed by atoms with E-state index in [0.717, 1.165) is 8.61 Å². The highest BCUT2D eigenvalue weighted by Crippen LogP contribution is 2.42. The van der Waals surface area contributed by atoms with Gasteiger partial charge in [0, 0.05) is 64.1 Å². The highest BCUT2D eigenvalue weighted by molar-refractivity contribution is 9.11. The molecule has 0 aliphatic rings. The van der Waals surface area contributed by atoms with Gasteiger partial charge in [-0.25, -0.2) is 30.4 Å². The maximum absolute atomic E-state index is 13.4. The predicted molar refractivity (Wildman–Crippen MR) is 253 cm³/mol. The Hall–Kier alpha value is -6.38. The number of carboxylic acid groups (broad SMARTS) is 1. The van der Waals surface area contributed by atoms with Gasteiger partial charge in [-0.15, -0.1) is 0 Å². The Balaban J connectivity index is 0.000000208. The van der Waals surface area contributed by atoms with Crippen LogP contribution in [-0.4, -0.2) is 62.0 Å². The Morgan fingerprint density at radius 3 is 1.31 bits per heavy atom. The van der Waals surface area contributed by atoms with Gasteiger partial charge in [-0.3, -0.25) is 13.4 Å². The minimum absolute atomic E-state index is 0.0557. The van der Waals surface area contributed by atoms with Crippen molar-refractivity contribution in [2.75, 3.05) is 36.8 Å². The molecular formula is C46H38Br2F2N4O9S2. The van der Waals surface area contributed by atoms with Crippen molar-refractivity contribution in [1.82, 2.24) is 5.32 Å². The molecule has 4 N–H and O–H groups in total. The molecule has 0 bridgehead atoms. The molecule has 0 saturated heterocycles. The molecule has 0 fully saturated rings. The van der Waals surface area contributed by atoms with E-state index in [9.17, 15) is 40.3 Å². The van der Waals surface area contributed by atoms with Crippen molar-refractivity contribution < 1.29 is 49.1 Å². The second kappa shape index (κ2) is 19.8. The standard InChI is InChI=1S/C23H18BrFN2O4S.C22H15BrFNO5S.CH5N/c1-26-23(28)21-17-12-18(24)19(27(2)32(29,30)16-6-4-3-5-7-16)13-20(17)31-22(21)14-8-10-15(25)11-9-14;1-25(31(28,29)15-5-3-2-4-6-15)18-12-19-16(11-17(18)23)20(22(26)27)21(30-19)13-7-9-14(24)10-8-13;1-2/h3-13H,1-2H3,(H,26,28);2-12H,1H3,(H,26,27);2H2,1H3. The van der Waals surface area contributed by atoms with Crippen molar-refractivity contribution in [2.24, 2.45) is 5.73 Å². The Morgan fingerprint density at radius 1 is 0.600 bits per heavy atom. The molecule has 2 aromatic heterocycles. The van der Waals surface area contributed by atoms with E-state index in [1.807, 2.05) is 0 Å². The van der Waals surface area contributed by atoms with E-state index in [2.05, 4.69) is 42.9 Å². The number of carboxylic acids is 1. The lowest BCUT2D eigenvalue weighted by Gasteiger charge is -2.20. The molecule has 0 aliphatic heterocycles. The van der Waals surface area contributed by atoms with Crippen molar-refractivity contribution in [3.05, 3.63) is 165 Å². The maximum Gasteiger partial charge on any atom is 0.340 e. The number of halogens is 4. The highest BCUT2D eigenvalue weighted by Gasteiger charge is 2.29. The summed E-state index contributed by atoms with van der Waals surface area (Å²) >= 11 is 6.79. The normalized spacial score (nSPS) is 11.3. The Bertz CT molecular complexity index is 3260.